The molecule has 0 unspecified atom stereocenters. The summed E-state index contributed by atoms with van der Waals surface area (Å²) in [5, 5.41) is 3.43. The van der Waals surface area contributed by atoms with Crippen LogP contribution in [0.5, 0.6) is 5.75 Å². The number of ether oxygens (including phenoxy) is 2. The summed E-state index contributed by atoms with van der Waals surface area (Å²) in [6, 6.07) is 15.9. The molecule has 0 spiro atoms. The second-order valence-electron chi connectivity index (χ2n) is 8.05. The van der Waals surface area contributed by atoms with Gasteiger partial charge in [0.1, 0.15) is 6.61 Å². The zero-order valence-electron chi connectivity index (χ0n) is 18.5. The maximum atomic E-state index is 13.0. The zero-order chi connectivity index (χ0) is 22.2. The predicted octanol–water partition coefficient (Wildman–Crippen LogP) is 4.74. The smallest absolute Gasteiger partial charge is 0.321 e. The van der Waals surface area contributed by atoms with Gasteiger partial charge in [-0.1, -0.05) is 54.9 Å². The average molecular weight is 446 g/mol. The monoisotopic (exact) mass is 445 g/mol. The lowest BCUT2D eigenvalue weighted by Gasteiger charge is -2.41. The number of benzene rings is 2. The molecular formula is C24H32ClN3O3. The van der Waals surface area contributed by atoms with Crippen molar-refractivity contribution in [3.05, 3.63) is 59.1 Å². The van der Waals surface area contributed by atoms with Gasteiger partial charge in [0.2, 0.25) is 0 Å². The first-order valence-corrected chi connectivity index (χ1v) is 11.1. The van der Waals surface area contributed by atoms with E-state index in [0.717, 1.165) is 26.1 Å². The van der Waals surface area contributed by atoms with Gasteiger partial charge in [0.15, 0.2) is 5.75 Å². The van der Waals surface area contributed by atoms with Crippen molar-refractivity contribution in [3.63, 3.8) is 0 Å². The number of piperidine rings is 1. The van der Waals surface area contributed by atoms with Gasteiger partial charge in [-0.3, -0.25) is 4.90 Å². The number of likely N-dealkylation sites (tertiary alicyclic amines) is 1. The highest BCUT2D eigenvalue weighted by atomic mass is 35.5. The molecule has 0 bridgehead atoms. The van der Waals surface area contributed by atoms with Gasteiger partial charge >= 0.3 is 6.03 Å². The van der Waals surface area contributed by atoms with Crippen LogP contribution in [0.25, 0.3) is 0 Å². The van der Waals surface area contributed by atoms with Crippen LogP contribution in [0.2, 0.25) is 5.02 Å². The quantitative estimate of drug-likeness (QED) is 0.596. The molecule has 1 saturated heterocycles. The van der Waals surface area contributed by atoms with E-state index < -0.39 is 0 Å². The highest BCUT2D eigenvalue weighted by Gasteiger charge is 2.31. The molecule has 0 radical (unpaired) electrons. The lowest BCUT2D eigenvalue weighted by molar-refractivity contribution is 0.0933. The number of hydrogen-bond acceptors (Lipinski definition) is 4. The summed E-state index contributed by atoms with van der Waals surface area (Å²) in [5.41, 5.74) is 1.89. The van der Waals surface area contributed by atoms with Crippen LogP contribution in [-0.2, 0) is 11.3 Å². The number of amides is 2. The van der Waals surface area contributed by atoms with Crippen LogP contribution >= 0.6 is 11.6 Å². The van der Waals surface area contributed by atoms with Crippen LogP contribution in [0.4, 0.5) is 10.5 Å². The molecule has 0 aliphatic carbocycles. The second-order valence-corrected chi connectivity index (χ2v) is 8.46. The minimum Gasteiger partial charge on any atom is -0.487 e. The first-order valence-electron chi connectivity index (χ1n) is 10.7. The number of para-hydroxylation sites is 1. The SMILES string of the molecule is COCCOc1c(Cl)cccc1NC(=O)N(C)[C@@H]1CCN(Cc2ccccc2)C[C@@H]1C. The number of nitrogens with one attached hydrogen (secondary N) is 1. The van der Waals surface area contributed by atoms with E-state index in [9.17, 15) is 4.79 Å². The van der Waals surface area contributed by atoms with Crippen molar-refractivity contribution in [1.82, 2.24) is 9.80 Å². The fraction of sp³-hybridized carbons (Fsp3) is 0.458. The van der Waals surface area contributed by atoms with Crippen molar-refractivity contribution in [2.45, 2.75) is 25.9 Å². The fourth-order valence-electron chi connectivity index (χ4n) is 4.12. The second kappa shape index (κ2) is 11.4. The van der Waals surface area contributed by atoms with E-state index in [4.69, 9.17) is 21.1 Å². The number of urea groups is 1. The van der Waals surface area contributed by atoms with Gasteiger partial charge in [-0.2, -0.15) is 0 Å². The van der Waals surface area contributed by atoms with Crippen molar-refractivity contribution < 1.29 is 14.3 Å². The molecule has 7 heteroatoms. The first-order chi connectivity index (χ1) is 15.0. The van der Waals surface area contributed by atoms with Crippen molar-refractivity contribution in [2.75, 3.05) is 45.8 Å². The van der Waals surface area contributed by atoms with Crippen molar-refractivity contribution in [2.24, 2.45) is 5.92 Å². The molecule has 1 heterocycles. The van der Waals surface area contributed by atoms with E-state index >= 15 is 0 Å². The van der Waals surface area contributed by atoms with E-state index in [-0.39, 0.29) is 12.1 Å². The third kappa shape index (κ3) is 6.35. The minimum absolute atomic E-state index is 0.160. The maximum absolute atomic E-state index is 13.0. The van der Waals surface area contributed by atoms with E-state index in [2.05, 4.69) is 41.4 Å². The Morgan fingerprint density at radius 3 is 2.68 bits per heavy atom. The van der Waals surface area contributed by atoms with Gasteiger partial charge in [-0.15, -0.1) is 0 Å². The highest BCUT2D eigenvalue weighted by Crippen LogP contribution is 2.33. The Labute approximate surface area is 190 Å². The Hall–Kier alpha value is -2.28. The van der Waals surface area contributed by atoms with Crippen molar-refractivity contribution >= 4 is 23.3 Å². The summed E-state index contributed by atoms with van der Waals surface area (Å²) >= 11 is 6.29. The number of carbonyl (C=O) groups is 1. The fourth-order valence-corrected chi connectivity index (χ4v) is 4.34. The molecule has 6 nitrogen and oxygen atoms in total. The summed E-state index contributed by atoms with van der Waals surface area (Å²) in [4.78, 5) is 17.3. The van der Waals surface area contributed by atoms with Crippen LogP contribution in [0.1, 0.15) is 18.9 Å². The normalized spacial score (nSPS) is 19.1. The van der Waals surface area contributed by atoms with Crippen molar-refractivity contribution in [3.8, 4) is 5.75 Å². The summed E-state index contributed by atoms with van der Waals surface area (Å²) < 4.78 is 10.8. The van der Waals surface area contributed by atoms with Crippen LogP contribution in [0.15, 0.2) is 48.5 Å². The molecule has 1 N–H and O–H groups in total. The molecule has 2 aromatic carbocycles. The Kier molecular flexibility index (Phi) is 8.58. The number of halogens is 1. The van der Waals surface area contributed by atoms with Crippen molar-refractivity contribution in [1.29, 1.82) is 0 Å². The van der Waals surface area contributed by atoms with Gasteiger partial charge in [-0.05, 0) is 30.0 Å². The molecule has 31 heavy (non-hydrogen) atoms. The van der Waals surface area contributed by atoms with E-state index in [1.807, 2.05) is 18.0 Å². The number of methoxy groups -OCH3 is 1. The largest absolute Gasteiger partial charge is 0.487 e. The van der Waals surface area contributed by atoms with Gasteiger partial charge in [0, 0.05) is 39.8 Å². The molecule has 168 valence electrons. The number of rotatable bonds is 8. The minimum atomic E-state index is -0.160. The Morgan fingerprint density at radius 1 is 1.19 bits per heavy atom. The molecule has 1 aliphatic heterocycles. The number of carbonyl (C=O) groups excluding carboxylic acids is 1. The summed E-state index contributed by atoms with van der Waals surface area (Å²) in [5.74, 6) is 0.832. The average Bonchev–Trinajstić information content (AvgIpc) is 2.76. The van der Waals surface area contributed by atoms with Gasteiger partial charge in [-0.25, -0.2) is 4.79 Å². The molecule has 0 saturated carbocycles. The molecule has 2 amide bonds. The molecule has 0 aromatic heterocycles. The van der Waals surface area contributed by atoms with Crippen LogP contribution in [0, 0.1) is 5.92 Å². The number of nitrogens with zero attached hydrogens (tertiary/aromatic N) is 2. The van der Waals surface area contributed by atoms with Gasteiger partial charge in [0.25, 0.3) is 0 Å². The van der Waals surface area contributed by atoms with Crippen LogP contribution in [0.3, 0.4) is 0 Å². The Bertz CT molecular complexity index is 849. The molecule has 3 rings (SSSR count). The molecular weight excluding hydrogens is 414 g/mol. The zero-order valence-corrected chi connectivity index (χ0v) is 19.3. The lowest BCUT2D eigenvalue weighted by Crippen LogP contribution is -2.51. The molecule has 1 fully saturated rings. The summed E-state index contributed by atoms with van der Waals surface area (Å²) in [7, 11) is 3.47. The highest BCUT2D eigenvalue weighted by molar-refractivity contribution is 6.32. The number of hydrogen-bond donors (Lipinski definition) is 1. The van der Waals surface area contributed by atoms with E-state index in [1.54, 1.807) is 25.3 Å². The van der Waals surface area contributed by atoms with E-state index in [0.29, 0.717) is 35.6 Å². The Morgan fingerprint density at radius 2 is 1.97 bits per heavy atom. The van der Waals surface area contributed by atoms with E-state index in [1.165, 1.54) is 5.56 Å². The van der Waals surface area contributed by atoms with Crippen LogP contribution < -0.4 is 10.1 Å². The molecule has 2 aromatic rings. The standard InChI is InChI=1S/C24H32ClN3O3/c1-18-16-28(17-19-8-5-4-6-9-19)13-12-22(18)27(2)24(29)26-21-11-7-10-20(25)23(21)31-15-14-30-3/h4-11,18,22H,12-17H2,1-3H3,(H,26,29)/t18-,22+/m0/s1. The molecule has 2 atom stereocenters. The predicted molar refractivity (Wildman–Crippen MR) is 125 cm³/mol. The topological polar surface area (TPSA) is 54.0 Å². The third-order valence-corrected chi connectivity index (χ3v) is 6.05. The Balaban J connectivity index is 1.59. The first kappa shape index (κ1) is 23.4. The lowest BCUT2D eigenvalue weighted by atomic mass is 9.92. The summed E-state index contributed by atoms with van der Waals surface area (Å²) in [6.45, 7) is 5.87. The number of anilines is 1. The van der Waals surface area contributed by atoms with Gasteiger partial charge in [0.05, 0.1) is 17.3 Å². The van der Waals surface area contributed by atoms with Gasteiger partial charge < -0.3 is 19.7 Å². The maximum Gasteiger partial charge on any atom is 0.321 e. The molecule has 1 aliphatic rings. The van der Waals surface area contributed by atoms with Crippen LogP contribution in [-0.4, -0.2) is 62.3 Å². The summed E-state index contributed by atoms with van der Waals surface area (Å²) in [6.07, 6.45) is 0.935. The third-order valence-electron chi connectivity index (χ3n) is 5.75.